The summed E-state index contributed by atoms with van der Waals surface area (Å²) >= 11 is 3.48. The molecule has 1 amide bonds. The van der Waals surface area contributed by atoms with Crippen LogP contribution in [0, 0.1) is 6.92 Å². The molecule has 2 aromatic rings. The van der Waals surface area contributed by atoms with E-state index in [1.165, 1.54) is 0 Å². The highest BCUT2D eigenvalue weighted by atomic mass is 79.9. The molecule has 1 aromatic carbocycles. The molecular formula is C22H29BrN4O2. The van der Waals surface area contributed by atoms with Crippen molar-refractivity contribution in [3.63, 3.8) is 0 Å². The first-order valence-corrected chi connectivity index (χ1v) is 10.9. The zero-order chi connectivity index (χ0) is 20.8. The number of aromatic nitrogens is 1. The number of hydrogen-bond donors (Lipinski definition) is 1. The fraction of sp³-hybridized carbons (Fsp3) is 0.455. The van der Waals surface area contributed by atoms with Crippen molar-refractivity contribution in [2.24, 2.45) is 0 Å². The second-order valence-corrected chi connectivity index (χ2v) is 8.21. The predicted octanol–water partition coefficient (Wildman–Crippen LogP) is 3.38. The minimum atomic E-state index is -0.587. The lowest BCUT2D eigenvalue weighted by molar-refractivity contribution is -0.127. The number of anilines is 1. The van der Waals surface area contributed by atoms with Crippen molar-refractivity contribution in [1.82, 2.24) is 15.2 Å². The topological polar surface area (TPSA) is 57.7 Å². The largest absolute Gasteiger partial charge is 0.480 e. The zero-order valence-electron chi connectivity index (χ0n) is 17.3. The molecule has 1 atom stereocenters. The molecule has 0 aliphatic carbocycles. The average Bonchev–Trinajstić information content (AvgIpc) is 2.74. The minimum absolute atomic E-state index is 0.155. The van der Waals surface area contributed by atoms with Gasteiger partial charge in [-0.05, 0) is 65.6 Å². The molecule has 156 valence electrons. The molecule has 0 bridgehead atoms. The number of carbonyl (C=O) groups is 1. The van der Waals surface area contributed by atoms with Crippen LogP contribution >= 0.6 is 15.9 Å². The summed E-state index contributed by atoms with van der Waals surface area (Å²) in [6.07, 6.45) is 1.25. The summed E-state index contributed by atoms with van der Waals surface area (Å²) in [5.74, 6) is 1.50. The van der Waals surface area contributed by atoms with Crippen LogP contribution in [-0.2, 0) is 11.3 Å². The van der Waals surface area contributed by atoms with Crippen LogP contribution in [0.5, 0.6) is 5.75 Å². The van der Waals surface area contributed by atoms with Gasteiger partial charge in [0.1, 0.15) is 11.6 Å². The maximum absolute atomic E-state index is 12.4. The first kappa shape index (κ1) is 21.6. The van der Waals surface area contributed by atoms with Gasteiger partial charge in [0.05, 0.1) is 4.47 Å². The van der Waals surface area contributed by atoms with E-state index in [1.54, 1.807) is 6.92 Å². The molecule has 1 N–H and O–H groups in total. The van der Waals surface area contributed by atoms with E-state index in [0.717, 1.165) is 54.1 Å². The van der Waals surface area contributed by atoms with Crippen molar-refractivity contribution < 1.29 is 9.53 Å². The maximum Gasteiger partial charge on any atom is 0.261 e. The number of amides is 1. The summed E-state index contributed by atoms with van der Waals surface area (Å²) in [7, 11) is 0. The van der Waals surface area contributed by atoms with Gasteiger partial charge in [0.15, 0.2) is 6.10 Å². The highest BCUT2D eigenvalue weighted by Crippen LogP contribution is 2.26. The summed E-state index contributed by atoms with van der Waals surface area (Å²) in [5, 5.41) is 2.92. The second-order valence-electron chi connectivity index (χ2n) is 7.36. The maximum atomic E-state index is 12.4. The third-order valence-corrected chi connectivity index (χ3v) is 5.80. The molecule has 7 heteroatoms. The van der Waals surface area contributed by atoms with Gasteiger partial charge < -0.3 is 19.9 Å². The van der Waals surface area contributed by atoms with Gasteiger partial charge in [-0.15, -0.1) is 0 Å². The van der Waals surface area contributed by atoms with Crippen LogP contribution in [0.25, 0.3) is 0 Å². The molecule has 1 aromatic heterocycles. The molecule has 1 saturated heterocycles. The van der Waals surface area contributed by atoms with Crippen LogP contribution in [0.2, 0.25) is 0 Å². The quantitative estimate of drug-likeness (QED) is 0.686. The molecule has 2 heterocycles. The zero-order valence-corrected chi connectivity index (χ0v) is 18.9. The Morgan fingerprint density at radius 2 is 2.00 bits per heavy atom. The predicted molar refractivity (Wildman–Crippen MR) is 119 cm³/mol. The van der Waals surface area contributed by atoms with Gasteiger partial charge >= 0.3 is 0 Å². The van der Waals surface area contributed by atoms with E-state index in [1.807, 2.05) is 43.5 Å². The lowest BCUT2D eigenvalue weighted by Gasteiger charge is -2.34. The van der Waals surface area contributed by atoms with E-state index < -0.39 is 6.10 Å². The molecule has 1 unspecified atom stereocenters. The van der Waals surface area contributed by atoms with E-state index in [2.05, 4.69) is 43.0 Å². The monoisotopic (exact) mass is 460 g/mol. The summed E-state index contributed by atoms with van der Waals surface area (Å²) in [6.45, 7) is 11.6. The number of pyridine rings is 1. The van der Waals surface area contributed by atoms with Crippen molar-refractivity contribution in [2.75, 3.05) is 37.6 Å². The molecule has 6 nitrogen and oxygen atoms in total. The van der Waals surface area contributed by atoms with Crippen molar-refractivity contribution in [3.05, 3.63) is 52.1 Å². The van der Waals surface area contributed by atoms with Crippen LogP contribution in [0.4, 0.5) is 5.82 Å². The Kier molecular flexibility index (Phi) is 7.50. The van der Waals surface area contributed by atoms with E-state index in [-0.39, 0.29) is 5.91 Å². The summed E-state index contributed by atoms with van der Waals surface area (Å²) < 4.78 is 6.63. The van der Waals surface area contributed by atoms with Gasteiger partial charge in [-0.25, -0.2) is 4.98 Å². The van der Waals surface area contributed by atoms with Crippen molar-refractivity contribution in [1.29, 1.82) is 0 Å². The fourth-order valence-electron chi connectivity index (χ4n) is 3.28. The number of likely N-dealkylation sites (N-methyl/N-ethyl adjacent to an activating group) is 1. The third kappa shape index (κ3) is 5.93. The molecule has 1 fully saturated rings. The minimum Gasteiger partial charge on any atom is -0.480 e. The number of halogens is 1. The normalized spacial score (nSPS) is 15.8. The van der Waals surface area contributed by atoms with Gasteiger partial charge in [-0.3, -0.25) is 4.79 Å². The number of benzene rings is 1. The number of aryl methyl sites for hydroxylation is 1. The van der Waals surface area contributed by atoms with Gasteiger partial charge in [0, 0.05) is 38.9 Å². The number of rotatable bonds is 7. The Balaban J connectivity index is 1.48. The van der Waals surface area contributed by atoms with Crippen LogP contribution < -0.4 is 15.0 Å². The molecule has 3 rings (SSSR count). The Morgan fingerprint density at radius 3 is 2.62 bits per heavy atom. The number of carbonyl (C=O) groups excluding carboxylic acids is 1. The molecule has 0 spiro atoms. The van der Waals surface area contributed by atoms with Gasteiger partial charge in [0.25, 0.3) is 5.91 Å². The summed E-state index contributed by atoms with van der Waals surface area (Å²) in [5.41, 5.74) is 2.10. The summed E-state index contributed by atoms with van der Waals surface area (Å²) in [4.78, 5) is 21.7. The Labute approximate surface area is 181 Å². The standard InChI is InChI=1S/C22H29BrN4O2/c1-4-26-9-11-27(12-10-26)21-8-6-18(14-24-21)15-25-22(28)17(3)29-20-7-5-16(2)13-19(20)23/h5-8,13-14,17H,4,9-12,15H2,1-3H3,(H,25,28). The second kappa shape index (κ2) is 10.1. The van der Waals surface area contributed by atoms with Crippen molar-refractivity contribution >= 4 is 27.7 Å². The fourth-order valence-corrected chi connectivity index (χ4v) is 3.87. The Hall–Kier alpha value is -2.12. The van der Waals surface area contributed by atoms with Crippen LogP contribution in [0.3, 0.4) is 0 Å². The first-order valence-electron chi connectivity index (χ1n) is 10.1. The Morgan fingerprint density at radius 1 is 1.24 bits per heavy atom. The van der Waals surface area contributed by atoms with Gasteiger partial charge in [-0.2, -0.15) is 0 Å². The van der Waals surface area contributed by atoms with Gasteiger partial charge in [-0.1, -0.05) is 19.1 Å². The third-order valence-electron chi connectivity index (χ3n) is 5.18. The molecular weight excluding hydrogens is 432 g/mol. The molecule has 1 aliphatic heterocycles. The van der Waals surface area contributed by atoms with E-state index in [4.69, 9.17) is 4.74 Å². The number of ether oxygens (including phenoxy) is 1. The van der Waals surface area contributed by atoms with E-state index >= 15 is 0 Å². The molecule has 0 radical (unpaired) electrons. The van der Waals surface area contributed by atoms with E-state index in [9.17, 15) is 4.79 Å². The lowest BCUT2D eigenvalue weighted by atomic mass is 10.2. The molecule has 1 aliphatic rings. The van der Waals surface area contributed by atoms with Crippen molar-refractivity contribution in [2.45, 2.75) is 33.4 Å². The van der Waals surface area contributed by atoms with Crippen LogP contribution in [0.1, 0.15) is 25.0 Å². The molecule has 0 saturated carbocycles. The number of piperazine rings is 1. The first-order chi connectivity index (χ1) is 14.0. The smallest absolute Gasteiger partial charge is 0.261 e. The van der Waals surface area contributed by atoms with Crippen LogP contribution in [0.15, 0.2) is 41.0 Å². The summed E-state index contributed by atoms with van der Waals surface area (Å²) in [6, 6.07) is 9.85. The van der Waals surface area contributed by atoms with Gasteiger partial charge in [0.2, 0.25) is 0 Å². The number of hydrogen-bond acceptors (Lipinski definition) is 5. The van der Waals surface area contributed by atoms with Crippen molar-refractivity contribution in [3.8, 4) is 5.75 Å². The highest BCUT2D eigenvalue weighted by molar-refractivity contribution is 9.10. The van der Waals surface area contributed by atoms with E-state index in [0.29, 0.717) is 12.3 Å². The molecule has 29 heavy (non-hydrogen) atoms. The SMILES string of the molecule is CCN1CCN(c2ccc(CNC(=O)C(C)Oc3ccc(C)cc3Br)cn2)CC1. The average molecular weight is 461 g/mol. The number of nitrogens with one attached hydrogen (secondary N) is 1. The van der Waals surface area contributed by atoms with Crippen LogP contribution in [-0.4, -0.2) is 54.6 Å². The number of nitrogens with zero attached hydrogens (tertiary/aromatic N) is 3. The highest BCUT2D eigenvalue weighted by Gasteiger charge is 2.18. The Bertz CT molecular complexity index is 820. The lowest BCUT2D eigenvalue weighted by Crippen LogP contribution is -2.46.